The fourth-order valence-corrected chi connectivity index (χ4v) is 2.28. The number of fused-ring (bicyclic) bond motifs is 1. The van der Waals surface area contributed by atoms with Gasteiger partial charge in [-0.1, -0.05) is 0 Å². The van der Waals surface area contributed by atoms with E-state index in [0.717, 1.165) is 29.1 Å². The maximum absolute atomic E-state index is 11.5. The molecule has 5 N–H and O–H groups in total. The van der Waals surface area contributed by atoms with Crippen LogP contribution in [0, 0.1) is 0 Å². The first-order valence-electron chi connectivity index (χ1n) is 8.64. The molecule has 160 valence electrons. The quantitative estimate of drug-likeness (QED) is 0.425. The Morgan fingerprint density at radius 2 is 1.77 bits per heavy atom. The lowest BCUT2D eigenvalue weighted by atomic mass is 10.2. The Morgan fingerprint density at radius 3 is 2.30 bits per heavy atom. The summed E-state index contributed by atoms with van der Waals surface area (Å²) in [4.78, 5) is 32.5. The average Bonchev–Trinajstić information content (AvgIpc) is 3.17. The van der Waals surface area contributed by atoms with E-state index in [4.69, 9.17) is 9.90 Å². The second-order valence-corrected chi connectivity index (χ2v) is 5.75. The number of alkyl halides is 3. The smallest absolute Gasteiger partial charge is 0.475 e. The normalized spacial score (nSPS) is 10.7. The van der Waals surface area contributed by atoms with E-state index in [1.54, 1.807) is 19.2 Å². The summed E-state index contributed by atoms with van der Waals surface area (Å²) in [6, 6.07) is 9.08. The third-order valence-electron chi connectivity index (χ3n) is 3.63. The first kappa shape index (κ1) is 22.5. The summed E-state index contributed by atoms with van der Waals surface area (Å²) < 4.78 is 31.7. The maximum Gasteiger partial charge on any atom is 0.490 e. The predicted octanol–water partition coefficient (Wildman–Crippen LogP) is 3.13. The monoisotopic (exact) mass is 424 g/mol. The van der Waals surface area contributed by atoms with Crippen molar-refractivity contribution >= 4 is 40.4 Å². The van der Waals surface area contributed by atoms with E-state index in [0.29, 0.717) is 11.5 Å². The number of hydrogen-bond acceptors (Lipinski definition) is 6. The van der Waals surface area contributed by atoms with Gasteiger partial charge < -0.3 is 26.0 Å². The summed E-state index contributed by atoms with van der Waals surface area (Å²) in [5, 5.41) is 17.1. The van der Waals surface area contributed by atoms with Crippen LogP contribution in [0.1, 0.15) is 17.3 Å². The van der Waals surface area contributed by atoms with Crippen LogP contribution in [0.25, 0.3) is 11.0 Å². The van der Waals surface area contributed by atoms with Gasteiger partial charge in [0.2, 0.25) is 5.95 Å². The molecule has 2 aromatic heterocycles. The van der Waals surface area contributed by atoms with Gasteiger partial charge in [0.15, 0.2) is 0 Å². The minimum absolute atomic E-state index is 0.116. The third kappa shape index (κ3) is 5.83. The van der Waals surface area contributed by atoms with Crippen molar-refractivity contribution in [1.82, 2.24) is 20.3 Å². The van der Waals surface area contributed by atoms with Gasteiger partial charge in [-0.2, -0.15) is 23.1 Å². The molecule has 2 heterocycles. The van der Waals surface area contributed by atoms with Gasteiger partial charge in [-0.25, -0.2) is 4.79 Å². The molecule has 0 saturated heterocycles. The molecule has 0 saturated carbocycles. The molecular weight excluding hydrogens is 405 g/mol. The lowest BCUT2D eigenvalue weighted by Crippen LogP contribution is -2.21. The summed E-state index contributed by atoms with van der Waals surface area (Å²) in [6.07, 6.45) is -3.25. The standard InChI is InChI=1S/C16H18N6O.C2HF3O2/c1-3-18-13-12-8-9-19-14(12)22-16(21-13)20-11-6-4-10(5-7-11)15(23)17-2;3-2(4,5)1(6)7/h4-9H,3H2,1-2H3,(H,17,23)(H3,18,19,20,21,22);(H,6,7). The van der Waals surface area contributed by atoms with Gasteiger partial charge in [0.25, 0.3) is 5.91 Å². The number of nitrogens with zero attached hydrogens (tertiary/aromatic N) is 2. The van der Waals surface area contributed by atoms with Crippen molar-refractivity contribution in [3.63, 3.8) is 0 Å². The number of carbonyl (C=O) groups excluding carboxylic acids is 1. The number of anilines is 3. The molecule has 0 aliphatic carbocycles. The van der Waals surface area contributed by atoms with E-state index < -0.39 is 12.1 Å². The molecule has 0 bridgehead atoms. The van der Waals surface area contributed by atoms with Gasteiger partial charge in [-0.05, 0) is 37.3 Å². The molecule has 1 aromatic carbocycles. The van der Waals surface area contributed by atoms with Crippen molar-refractivity contribution < 1.29 is 27.9 Å². The Balaban J connectivity index is 0.000000396. The summed E-state index contributed by atoms with van der Waals surface area (Å²) in [7, 11) is 1.61. The van der Waals surface area contributed by atoms with Crippen molar-refractivity contribution in [3.8, 4) is 0 Å². The van der Waals surface area contributed by atoms with Crippen molar-refractivity contribution in [2.75, 3.05) is 24.2 Å². The highest BCUT2D eigenvalue weighted by Gasteiger charge is 2.38. The molecule has 0 fully saturated rings. The van der Waals surface area contributed by atoms with Gasteiger partial charge in [0.1, 0.15) is 11.5 Å². The van der Waals surface area contributed by atoms with E-state index in [1.165, 1.54) is 0 Å². The Morgan fingerprint density at radius 1 is 1.13 bits per heavy atom. The van der Waals surface area contributed by atoms with Crippen LogP contribution in [0.15, 0.2) is 36.5 Å². The van der Waals surface area contributed by atoms with Crippen LogP contribution < -0.4 is 16.0 Å². The van der Waals surface area contributed by atoms with E-state index in [1.807, 2.05) is 31.3 Å². The number of aliphatic carboxylic acids is 1. The van der Waals surface area contributed by atoms with E-state index >= 15 is 0 Å². The van der Waals surface area contributed by atoms with Gasteiger partial charge in [0.05, 0.1) is 5.39 Å². The Bertz CT molecular complexity index is 1020. The molecule has 30 heavy (non-hydrogen) atoms. The van der Waals surface area contributed by atoms with Crippen LogP contribution >= 0.6 is 0 Å². The highest BCUT2D eigenvalue weighted by Crippen LogP contribution is 2.23. The van der Waals surface area contributed by atoms with Gasteiger partial charge in [0, 0.05) is 31.0 Å². The number of aromatic amines is 1. The molecule has 12 heteroatoms. The second-order valence-electron chi connectivity index (χ2n) is 5.75. The topological polar surface area (TPSA) is 132 Å². The highest BCUT2D eigenvalue weighted by molar-refractivity contribution is 5.94. The molecule has 9 nitrogen and oxygen atoms in total. The Kier molecular flexibility index (Phi) is 7.17. The zero-order chi connectivity index (χ0) is 22.3. The fraction of sp³-hybridized carbons (Fsp3) is 0.222. The molecule has 3 aromatic rings. The van der Waals surface area contributed by atoms with Crippen molar-refractivity contribution in [2.45, 2.75) is 13.1 Å². The molecular formula is C18H19F3N6O3. The number of benzene rings is 1. The van der Waals surface area contributed by atoms with E-state index in [9.17, 15) is 18.0 Å². The number of carboxylic acid groups (broad SMARTS) is 1. The lowest BCUT2D eigenvalue weighted by Gasteiger charge is -2.09. The van der Waals surface area contributed by atoms with Gasteiger partial charge in [-0.3, -0.25) is 4.79 Å². The molecule has 0 spiro atoms. The molecule has 0 unspecified atom stereocenters. The summed E-state index contributed by atoms with van der Waals surface area (Å²) in [5.41, 5.74) is 2.18. The number of carbonyl (C=O) groups is 2. The zero-order valence-electron chi connectivity index (χ0n) is 16.0. The largest absolute Gasteiger partial charge is 0.490 e. The van der Waals surface area contributed by atoms with Crippen LogP contribution in [-0.2, 0) is 4.79 Å². The number of amides is 1. The molecule has 0 radical (unpaired) electrons. The van der Waals surface area contributed by atoms with Gasteiger partial charge in [-0.15, -0.1) is 0 Å². The minimum atomic E-state index is -5.08. The average molecular weight is 424 g/mol. The van der Waals surface area contributed by atoms with E-state index in [2.05, 4.69) is 30.9 Å². The number of hydrogen-bond donors (Lipinski definition) is 5. The third-order valence-corrected chi connectivity index (χ3v) is 3.63. The molecule has 3 rings (SSSR count). The van der Waals surface area contributed by atoms with E-state index in [-0.39, 0.29) is 5.91 Å². The summed E-state index contributed by atoms with van der Waals surface area (Å²) >= 11 is 0. The molecule has 0 aliphatic heterocycles. The van der Waals surface area contributed by atoms with Crippen LogP contribution in [-0.4, -0.2) is 51.7 Å². The van der Waals surface area contributed by atoms with Crippen LogP contribution in [0.4, 0.5) is 30.6 Å². The molecule has 0 aliphatic rings. The van der Waals surface area contributed by atoms with Crippen LogP contribution in [0.2, 0.25) is 0 Å². The summed E-state index contributed by atoms with van der Waals surface area (Å²) in [5.74, 6) is -1.60. The molecule has 1 amide bonds. The Hall–Kier alpha value is -3.83. The predicted molar refractivity (Wildman–Crippen MR) is 105 cm³/mol. The fourth-order valence-electron chi connectivity index (χ4n) is 2.28. The van der Waals surface area contributed by atoms with Crippen molar-refractivity contribution in [3.05, 3.63) is 42.1 Å². The number of carboxylic acids is 1. The van der Waals surface area contributed by atoms with Crippen LogP contribution in [0.3, 0.4) is 0 Å². The second kappa shape index (κ2) is 9.58. The number of halogens is 3. The number of nitrogens with one attached hydrogen (secondary N) is 4. The first-order chi connectivity index (χ1) is 14.2. The zero-order valence-corrected chi connectivity index (χ0v) is 16.0. The van der Waals surface area contributed by atoms with Crippen molar-refractivity contribution in [1.29, 1.82) is 0 Å². The van der Waals surface area contributed by atoms with Crippen LogP contribution in [0.5, 0.6) is 0 Å². The number of rotatable bonds is 5. The Labute approximate surface area is 168 Å². The number of aromatic nitrogens is 3. The number of H-pyrrole nitrogens is 1. The maximum atomic E-state index is 11.5. The molecule has 0 atom stereocenters. The SMILES string of the molecule is CCNc1nc(Nc2ccc(C(=O)NC)cc2)nc2[nH]ccc12.O=C(O)C(F)(F)F. The van der Waals surface area contributed by atoms with Gasteiger partial charge >= 0.3 is 12.1 Å². The minimum Gasteiger partial charge on any atom is -0.475 e. The van der Waals surface area contributed by atoms with Crippen molar-refractivity contribution in [2.24, 2.45) is 0 Å². The summed E-state index contributed by atoms with van der Waals surface area (Å²) in [6.45, 7) is 2.79. The highest BCUT2D eigenvalue weighted by atomic mass is 19.4. The first-order valence-corrected chi connectivity index (χ1v) is 8.64. The lowest BCUT2D eigenvalue weighted by molar-refractivity contribution is -0.192.